The van der Waals surface area contributed by atoms with Crippen LogP contribution in [0.2, 0.25) is 0 Å². The maximum Gasteiger partial charge on any atom is 0.0893 e. The van der Waals surface area contributed by atoms with E-state index in [9.17, 15) is 0 Å². The zero-order valence-electron chi connectivity index (χ0n) is 18.7. The molecule has 0 aliphatic heterocycles. The van der Waals surface area contributed by atoms with Crippen LogP contribution in [0.1, 0.15) is 5.56 Å². The third-order valence-corrected chi connectivity index (χ3v) is 6.83. The first-order valence-corrected chi connectivity index (χ1v) is 11.5. The number of para-hydroxylation sites is 2. The summed E-state index contributed by atoms with van der Waals surface area (Å²) in [4.78, 5) is 9.03. The van der Waals surface area contributed by atoms with E-state index >= 15 is 0 Å². The van der Waals surface area contributed by atoms with E-state index in [0.29, 0.717) is 0 Å². The maximum atomic E-state index is 4.55. The molecule has 7 aromatic rings. The molecule has 0 atom stereocenters. The van der Waals surface area contributed by atoms with Gasteiger partial charge in [-0.25, -0.2) is 0 Å². The molecule has 3 heteroatoms. The fourth-order valence-corrected chi connectivity index (χ4v) is 5.31. The van der Waals surface area contributed by atoms with Crippen LogP contribution in [0.3, 0.4) is 0 Å². The van der Waals surface area contributed by atoms with Crippen molar-refractivity contribution in [3.63, 3.8) is 0 Å². The van der Waals surface area contributed by atoms with E-state index in [-0.39, 0.29) is 0 Å². The molecule has 0 saturated heterocycles. The number of aryl methyl sites for hydroxylation is 1. The molecule has 0 fully saturated rings. The SMILES string of the molecule is Cc1cc2nccnc2cc1-c1cccc2c(-n3c4ccccc4c4ccccc43)cccc12. The minimum Gasteiger partial charge on any atom is -0.309 e. The van der Waals surface area contributed by atoms with Gasteiger partial charge in [0.15, 0.2) is 0 Å². The van der Waals surface area contributed by atoms with Gasteiger partial charge in [0.05, 0.1) is 27.8 Å². The lowest BCUT2D eigenvalue weighted by atomic mass is 9.94. The number of fused-ring (bicyclic) bond motifs is 5. The molecule has 3 nitrogen and oxygen atoms in total. The number of hydrogen-bond acceptors (Lipinski definition) is 2. The maximum absolute atomic E-state index is 4.55. The second kappa shape index (κ2) is 7.26. The largest absolute Gasteiger partial charge is 0.309 e. The minimum atomic E-state index is 0.915. The lowest BCUT2D eigenvalue weighted by Crippen LogP contribution is -1.96. The average molecular weight is 436 g/mol. The van der Waals surface area contributed by atoms with Crippen LogP contribution in [0.4, 0.5) is 0 Å². The van der Waals surface area contributed by atoms with Gasteiger partial charge in [-0.3, -0.25) is 9.97 Å². The minimum absolute atomic E-state index is 0.915. The molecular formula is C31H21N3. The van der Waals surface area contributed by atoms with Crippen LogP contribution in [0.5, 0.6) is 0 Å². The average Bonchev–Trinajstić information content (AvgIpc) is 3.22. The zero-order chi connectivity index (χ0) is 22.6. The van der Waals surface area contributed by atoms with Crippen molar-refractivity contribution in [2.45, 2.75) is 6.92 Å². The van der Waals surface area contributed by atoms with Gasteiger partial charge in [0.25, 0.3) is 0 Å². The molecule has 0 saturated carbocycles. The van der Waals surface area contributed by atoms with Gasteiger partial charge in [-0.05, 0) is 59.3 Å². The molecular weight excluding hydrogens is 414 g/mol. The van der Waals surface area contributed by atoms with Gasteiger partial charge in [-0.1, -0.05) is 66.7 Å². The van der Waals surface area contributed by atoms with Crippen molar-refractivity contribution in [1.82, 2.24) is 14.5 Å². The van der Waals surface area contributed by atoms with E-state index < -0.39 is 0 Å². The van der Waals surface area contributed by atoms with Gasteiger partial charge in [0, 0.05) is 28.6 Å². The topological polar surface area (TPSA) is 30.7 Å². The lowest BCUT2D eigenvalue weighted by molar-refractivity contribution is 1.20. The van der Waals surface area contributed by atoms with Crippen molar-refractivity contribution in [2.24, 2.45) is 0 Å². The highest BCUT2D eigenvalue weighted by Gasteiger charge is 2.15. The fourth-order valence-electron chi connectivity index (χ4n) is 5.31. The molecule has 0 aliphatic carbocycles. The Morgan fingerprint density at radius 2 is 1.12 bits per heavy atom. The Kier molecular flexibility index (Phi) is 4.06. The first-order chi connectivity index (χ1) is 16.8. The summed E-state index contributed by atoms with van der Waals surface area (Å²) in [5.41, 5.74) is 9.08. The highest BCUT2D eigenvalue weighted by Crippen LogP contribution is 2.38. The first kappa shape index (κ1) is 19.0. The predicted molar refractivity (Wildman–Crippen MR) is 142 cm³/mol. The summed E-state index contributed by atoms with van der Waals surface area (Å²) >= 11 is 0. The third-order valence-electron chi connectivity index (χ3n) is 6.83. The van der Waals surface area contributed by atoms with Gasteiger partial charge in [-0.2, -0.15) is 0 Å². The molecule has 0 spiro atoms. The van der Waals surface area contributed by atoms with Crippen molar-refractivity contribution < 1.29 is 0 Å². The Morgan fingerprint density at radius 3 is 1.85 bits per heavy atom. The lowest BCUT2D eigenvalue weighted by Gasteiger charge is -2.15. The van der Waals surface area contributed by atoms with Gasteiger partial charge in [0.1, 0.15) is 0 Å². The highest BCUT2D eigenvalue weighted by atomic mass is 15.0. The summed E-state index contributed by atoms with van der Waals surface area (Å²) in [6, 6.07) is 34.8. The van der Waals surface area contributed by atoms with Crippen LogP contribution in [-0.4, -0.2) is 14.5 Å². The fraction of sp³-hybridized carbons (Fsp3) is 0.0323. The molecule has 0 bridgehead atoms. The van der Waals surface area contributed by atoms with E-state index in [1.54, 1.807) is 12.4 Å². The van der Waals surface area contributed by atoms with Crippen LogP contribution >= 0.6 is 0 Å². The Labute approximate surface area is 196 Å². The molecule has 34 heavy (non-hydrogen) atoms. The molecule has 0 aliphatic rings. The van der Waals surface area contributed by atoms with Crippen molar-refractivity contribution in [2.75, 3.05) is 0 Å². The number of aromatic nitrogens is 3. The van der Waals surface area contributed by atoms with Gasteiger partial charge in [0.2, 0.25) is 0 Å². The van der Waals surface area contributed by atoms with Gasteiger partial charge >= 0.3 is 0 Å². The highest BCUT2D eigenvalue weighted by molar-refractivity contribution is 6.11. The Morgan fingerprint density at radius 1 is 0.529 bits per heavy atom. The predicted octanol–water partition coefficient (Wildman–Crippen LogP) is 7.86. The van der Waals surface area contributed by atoms with Gasteiger partial charge in [-0.15, -0.1) is 0 Å². The van der Waals surface area contributed by atoms with Crippen LogP contribution in [-0.2, 0) is 0 Å². The molecule has 0 N–H and O–H groups in total. The summed E-state index contributed by atoms with van der Waals surface area (Å²) in [6.45, 7) is 2.15. The summed E-state index contributed by atoms with van der Waals surface area (Å²) in [7, 11) is 0. The number of nitrogens with zero attached hydrogens (tertiary/aromatic N) is 3. The number of benzene rings is 5. The Bertz CT molecular complexity index is 1820. The van der Waals surface area contributed by atoms with E-state index in [2.05, 4.69) is 119 Å². The van der Waals surface area contributed by atoms with E-state index in [4.69, 9.17) is 0 Å². The first-order valence-electron chi connectivity index (χ1n) is 11.5. The van der Waals surface area contributed by atoms with Crippen molar-refractivity contribution in [1.29, 1.82) is 0 Å². The Hall–Kier alpha value is -4.50. The number of hydrogen-bond donors (Lipinski definition) is 0. The smallest absolute Gasteiger partial charge is 0.0893 e. The van der Waals surface area contributed by atoms with Crippen LogP contribution < -0.4 is 0 Å². The zero-order valence-corrected chi connectivity index (χ0v) is 18.7. The molecule has 0 amide bonds. The van der Waals surface area contributed by atoms with Crippen molar-refractivity contribution in [3.05, 3.63) is 115 Å². The van der Waals surface area contributed by atoms with Crippen LogP contribution in [0.15, 0.2) is 109 Å². The second-order valence-electron chi connectivity index (χ2n) is 8.76. The summed E-state index contributed by atoms with van der Waals surface area (Å²) in [5, 5.41) is 5.00. The second-order valence-corrected chi connectivity index (χ2v) is 8.76. The van der Waals surface area contributed by atoms with Crippen molar-refractivity contribution in [3.8, 4) is 16.8 Å². The molecule has 160 valence electrons. The quantitative estimate of drug-likeness (QED) is 0.277. The van der Waals surface area contributed by atoms with Crippen LogP contribution in [0, 0.1) is 6.92 Å². The molecule has 0 radical (unpaired) electrons. The van der Waals surface area contributed by atoms with Crippen molar-refractivity contribution >= 4 is 43.6 Å². The van der Waals surface area contributed by atoms with E-state index in [0.717, 1.165) is 11.0 Å². The van der Waals surface area contributed by atoms with E-state index in [1.807, 2.05) is 0 Å². The normalized spacial score (nSPS) is 11.7. The molecule has 0 unspecified atom stereocenters. The summed E-state index contributed by atoms with van der Waals surface area (Å²) < 4.78 is 2.40. The summed E-state index contributed by atoms with van der Waals surface area (Å²) in [5.74, 6) is 0. The number of rotatable bonds is 2. The monoisotopic (exact) mass is 435 g/mol. The molecule has 2 heterocycles. The summed E-state index contributed by atoms with van der Waals surface area (Å²) in [6.07, 6.45) is 3.50. The molecule has 5 aromatic carbocycles. The Balaban J connectivity index is 1.56. The van der Waals surface area contributed by atoms with Gasteiger partial charge < -0.3 is 4.57 Å². The molecule has 2 aromatic heterocycles. The standard InChI is InChI=1S/C31H21N3/c1-20-18-27-28(33-17-16-32-27)19-26(20)22-10-6-12-23-21(22)11-7-15-31(23)34-29-13-4-2-8-24(29)25-9-3-5-14-30(25)34/h2-19H,1H3. The van der Waals surface area contributed by atoms with E-state index in [1.165, 1.54) is 55.0 Å². The van der Waals surface area contributed by atoms with Crippen LogP contribution in [0.25, 0.3) is 60.4 Å². The third kappa shape index (κ3) is 2.70. The molecule has 7 rings (SSSR count).